The molecule has 0 aliphatic carbocycles. The molecule has 28 heavy (non-hydrogen) atoms. The molecule has 1 fully saturated rings. The highest BCUT2D eigenvalue weighted by Crippen LogP contribution is 2.49. The fourth-order valence-corrected chi connectivity index (χ4v) is 3.75. The minimum Gasteiger partial charge on any atom is -0.476 e. The lowest BCUT2D eigenvalue weighted by Gasteiger charge is -2.22. The minimum atomic E-state index is -3.69. The van der Waals surface area contributed by atoms with Crippen LogP contribution < -0.4 is 10.5 Å². The number of imidazole rings is 1. The molecule has 3 rings (SSSR count). The normalized spacial score (nSPS) is 25.5. The maximum absolute atomic E-state index is 15.3. The van der Waals surface area contributed by atoms with E-state index in [9.17, 15) is 4.57 Å². The quantitative estimate of drug-likeness (QED) is 0.635. The lowest BCUT2D eigenvalue weighted by atomic mass is 10.0. The van der Waals surface area contributed by atoms with Gasteiger partial charge in [0.2, 0.25) is 11.8 Å². The maximum Gasteiger partial charge on any atom is 0.474 e. The van der Waals surface area contributed by atoms with E-state index in [4.69, 9.17) is 28.8 Å². The van der Waals surface area contributed by atoms with Gasteiger partial charge in [0.25, 0.3) is 0 Å². The molecule has 0 radical (unpaired) electrons. The van der Waals surface area contributed by atoms with Gasteiger partial charge in [-0.1, -0.05) is 0 Å². The van der Waals surface area contributed by atoms with Crippen molar-refractivity contribution in [2.45, 2.75) is 38.3 Å². The van der Waals surface area contributed by atoms with Crippen molar-refractivity contribution >= 4 is 24.9 Å². The lowest BCUT2D eigenvalue weighted by Crippen LogP contribution is -2.27. The Balaban J connectivity index is 1.86. The predicted octanol–water partition coefficient (Wildman–Crippen LogP) is 2.24. The zero-order valence-electron chi connectivity index (χ0n) is 16.0. The van der Waals surface area contributed by atoms with E-state index in [1.807, 2.05) is 0 Å². The Bertz CT molecular complexity index is 885. The smallest absolute Gasteiger partial charge is 0.474 e. The van der Waals surface area contributed by atoms with Crippen molar-refractivity contribution in [1.29, 1.82) is 0 Å². The number of nitrogens with two attached hydrogens (primary N) is 1. The molecule has 1 aliphatic rings. The number of ether oxygens (including phenoxy) is 2. The van der Waals surface area contributed by atoms with E-state index >= 15 is 4.39 Å². The molecule has 11 nitrogen and oxygen atoms in total. The maximum atomic E-state index is 15.3. The number of nitrogen functional groups attached to an aromatic ring is 1. The van der Waals surface area contributed by atoms with Crippen LogP contribution in [-0.2, 0) is 22.9 Å². The molecule has 3 atom stereocenters. The second-order valence-electron chi connectivity index (χ2n) is 6.34. The van der Waals surface area contributed by atoms with Crippen molar-refractivity contribution in [2.24, 2.45) is 0 Å². The average Bonchev–Trinajstić information content (AvgIpc) is 3.19. The van der Waals surface area contributed by atoms with Crippen LogP contribution in [-0.4, -0.2) is 58.7 Å². The summed E-state index contributed by atoms with van der Waals surface area (Å²) >= 11 is 0. The van der Waals surface area contributed by atoms with Crippen molar-refractivity contribution in [1.82, 2.24) is 19.5 Å². The van der Waals surface area contributed by atoms with Crippen LogP contribution >= 0.6 is 7.82 Å². The van der Waals surface area contributed by atoms with Gasteiger partial charge in [-0.2, -0.15) is 9.97 Å². The number of fused-ring (bicyclic) bond motifs is 1. The van der Waals surface area contributed by atoms with E-state index in [1.54, 1.807) is 6.92 Å². The Morgan fingerprint density at radius 2 is 2.14 bits per heavy atom. The van der Waals surface area contributed by atoms with Gasteiger partial charge in [0.05, 0.1) is 25.6 Å². The van der Waals surface area contributed by atoms with E-state index in [0.29, 0.717) is 12.1 Å². The van der Waals surface area contributed by atoms with E-state index in [0.717, 1.165) is 0 Å². The monoisotopic (exact) mass is 419 g/mol. The first-order valence-corrected chi connectivity index (χ1v) is 10.0. The molecular formula is C15H23FN5O6P. The Labute approximate surface area is 160 Å². The van der Waals surface area contributed by atoms with Crippen molar-refractivity contribution in [3.05, 3.63) is 6.33 Å². The first-order valence-electron chi connectivity index (χ1n) is 8.56. The van der Waals surface area contributed by atoms with Gasteiger partial charge in [-0.15, -0.1) is 0 Å². The number of phosphoric acid groups is 1. The van der Waals surface area contributed by atoms with Crippen molar-refractivity contribution in [3.8, 4) is 5.88 Å². The van der Waals surface area contributed by atoms with E-state index in [1.165, 1.54) is 32.0 Å². The molecule has 0 bridgehead atoms. The number of nitrogens with zero attached hydrogens (tertiary/aromatic N) is 4. The molecule has 2 N–H and O–H groups in total. The van der Waals surface area contributed by atoms with Crippen LogP contribution in [0.15, 0.2) is 6.33 Å². The summed E-state index contributed by atoms with van der Waals surface area (Å²) in [6.45, 7) is 3.37. The molecule has 0 spiro atoms. The van der Waals surface area contributed by atoms with E-state index in [2.05, 4.69) is 15.0 Å². The summed E-state index contributed by atoms with van der Waals surface area (Å²) in [4.78, 5) is 12.4. The van der Waals surface area contributed by atoms with E-state index in [-0.39, 0.29) is 30.5 Å². The van der Waals surface area contributed by atoms with Gasteiger partial charge in [-0.25, -0.2) is 13.9 Å². The summed E-state index contributed by atoms with van der Waals surface area (Å²) in [7, 11) is -1.30. The summed E-state index contributed by atoms with van der Waals surface area (Å²) in [5, 5.41) is 0. The van der Waals surface area contributed by atoms with Gasteiger partial charge in [0, 0.05) is 20.6 Å². The highest BCUT2D eigenvalue weighted by molar-refractivity contribution is 7.48. The number of anilines is 1. The van der Waals surface area contributed by atoms with Crippen LogP contribution in [0.4, 0.5) is 10.3 Å². The highest BCUT2D eigenvalue weighted by Gasteiger charge is 2.48. The zero-order valence-corrected chi connectivity index (χ0v) is 16.9. The molecule has 0 amide bonds. The Morgan fingerprint density at radius 1 is 1.43 bits per heavy atom. The first-order chi connectivity index (χ1) is 13.2. The summed E-state index contributed by atoms with van der Waals surface area (Å²) in [5.74, 6) is 0.181. The molecule has 1 aliphatic heterocycles. The van der Waals surface area contributed by atoms with Gasteiger partial charge >= 0.3 is 7.82 Å². The number of aromatic nitrogens is 4. The largest absolute Gasteiger partial charge is 0.476 e. The van der Waals surface area contributed by atoms with Crippen LogP contribution in [0, 0.1) is 0 Å². The number of rotatable bonds is 8. The van der Waals surface area contributed by atoms with Crippen molar-refractivity contribution in [3.63, 3.8) is 0 Å². The molecular weight excluding hydrogens is 396 g/mol. The lowest BCUT2D eigenvalue weighted by molar-refractivity contribution is -0.0566. The van der Waals surface area contributed by atoms with Crippen LogP contribution in [0.1, 0.15) is 26.5 Å². The zero-order chi connectivity index (χ0) is 20.5. The Hall–Kier alpha value is -1.85. The number of hydrogen-bond donors (Lipinski definition) is 1. The third kappa shape index (κ3) is 3.96. The summed E-state index contributed by atoms with van der Waals surface area (Å²) in [6.07, 6.45) is -0.368. The number of alkyl halides is 1. The molecule has 0 unspecified atom stereocenters. The van der Waals surface area contributed by atoms with Crippen LogP contribution in [0.5, 0.6) is 5.88 Å². The third-order valence-corrected chi connectivity index (χ3v) is 5.63. The molecule has 1 saturated heterocycles. The van der Waals surface area contributed by atoms with Gasteiger partial charge in [-0.3, -0.25) is 18.1 Å². The molecule has 3 heterocycles. The SMILES string of the molecule is CCOc1nc(N)nc2c1ncn2[C@@H]1O[C@H](COP(=O)(OC)OC)C[C@@]1(C)F. The number of halogens is 1. The summed E-state index contributed by atoms with van der Waals surface area (Å²) in [6, 6.07) is 0. The summed E-state index contributed by atoms with van der Waals surface area (Å²) in [5.41, 5.74) is 4.59. The molecule has 156 valence electrons. The highest BCUT2D eigenvalue weighted by atomic mass is 31.2. The van der Waals surface area contributed by atoms with Gasteiger partial charge < -0.3 is 15.2 Å². The third-order valence-electron chi connectivity index (χ3n) is 4.27. The summed E-state index contributed by atoms with van der Waals surface area (Å²) < 4.78 is 54.5. The van der Waals surface area contributed by atoms with Gasteiger partial charge in [-0.05, 0) is 13.8 Å². The Kier molecular flexibility index (Phi) is 5.87. The molecule has 13 heteroatoms. The molecule has 2 aromatic rings. The van der Waals surface area contributed by atoms with Crippen LogP contribution in [0.2, 0.25) is 0 Å². The number of hydrogen-bond acceptors (Lipinski definition) is 10. The second kappa shape index (κ2) is 7.88. The number of phosphoric ester groups is 1. The molecule has 0 aromatic carbocycles. The van der Waals surface area contributed by atoms with Crippen molar-refractivity contribution < 1.29 is 32.0 Å². The predicted molar refractivity (Wildman–Crippen MR) is 96.5 cm³/mol. The molecule has 0 saturated carbocycles. The standard InChI is InChI=1S/C15H23FN5O6P/c1-5-25-12-10-11(19-14(17)20-12)21(8-18-10)13-15(2,16)6-9(27-13)7-26-28(22,23-3)24-4/h8-9,13H,5-7H2,1-4H3,(H2,17,19,20)/t9-,13+,15+/m0/s1. The Morgan fingerprint density at radius 3 is 2.79 bits per heavy atom. The molecule has 2 aromatic heterocycles. The minimum absolute atomic E-state index is 0.0103. The van der Waals surface area contributed by atoms with Crippen LogP contribution in [0.3, 0.4) is 0 Å². The first kappa shape index (κ1) is 20.9. The topological polar surface area (TPSA) is 133 Å². The van der Waals surface area contributed by atoms with Gasteiger partial charge in [0.1, 0.15) is 0 Å². The fraction of sp³-hybridized carbons (Fsp3) is 0.667. The van der Waals surface area contributed by atoms with E-state index < -0.39 is 25.8 Å². The van der Waals surface area contributed by atoms with Gasteiger partial charge in [0.15, 0.2) is 23.1 Å². The van der Waals surface area contributed by atoms with Crippen molar-refractivity contribution in [2.75, 3.05) is 33.2 Å². The fourth-order valence-electron chi connectivity index (χ4n) is 3.04. The second-order valence-corrected chi connectivity index (χ2v) is 8.23. The average molecular weight is 419 g/mol. The van der Waals surface area contributed by atoms with Crippen LogP contribution in [0.25, 0.3) is 11.2 Å².